The van der Waals surface area contributed by atoms with E-state index < -0.39 is 6.10 Å². The van der Waals surface area contributed by atoms with Gasteiger partial charge in [0.2, 0.25) is 0 Å². The largest absolute Gasteiger partial charge is 0.492 e. The molecule has 1 amide bonds. The Kier molecular flexibility index (Phi) is 8.30. The molecule has 2 aromatic rings. The SMILES string of the molecule is O=C(c1cc(Cl)cc(OCCNc2ccncc2)c1)N(CC(O)CO)C1CCCC1. The van der Waals surface area contributed by atoms with Gasteiger partial charge in [-0.2, -0.15) is 0 Å². The van der Waals surface area contributed by atoms with Gasteiger partial charge in [-0.05, 0) is 43.2 Å². The number of rotatable bonds is 10. The first-order valence-corrected chi connectivity index (χ1v) is 10.6. The maximum atomic E-state index is 13.2. The fraction of sp³-hybridized carbons (Fsp3) is 0.455. The molecule has 30 heavy (non-hydrogen) atoms. The lowest BCUT2D eigenvalue weighted by atomic mass is 10.1. The van der Waals surface area contributed by atoms with Gasteiger partial charge in [-0.3, -0.25) is 9.78 Å². The van der Waals surface area contributed by atoms with Crippen LogP contribution in [0.2, 0.25) is 5.02 Å². The summed E-state index contributed by atoms with van der Waals surface area (Å²) in [5, 5.41) is 22.8. The number of aromatic nitrogens is 1. The predicted molar refractivity (Wildman–Crippen MR) is 116 cm³/mol. The first-order chi connectivity index (χ1) is 14.6. The van der Waals surface area contributed by atoms with Gasteiger partial charge < -0.3 is 25.2 Å². The molecule has 1 atom stereocenters. The molecule has 1 unspecified atom stereocenters. The van der Waals surface area contributed by atoms with E-state index in [0.29, 0.717) is 29.5 Å². The average Bonchev–Trinajstić information content (AvgIpc) is 3.29. The number of halogens is 1. The summed E-state index contributed by atoms with van der Waals surface area (Å²) in [6.07, 6.45) is 6.35. The van der Waals surface area contributed by atoms with Crippen LogP contribution in [0.1, 0.15) is 36.0 Å². The fourth-order valence-electron chi connectivity index (χ4n) is 3.67. The zero-order valence-corrected chi connectivity index (χ0v) is 17.6. The Morgan fingerprint density at radius 3 is 2.70 bits per heavy atom. The Morgan fingerprint density at radius 2 is 2.00 bits per heavy atom. The number of carbonyl (C=O) groups excluding carboxylic acids is 1. The molecule has 7 nitrogen and oxygen atoms in total. The molecule has 1 aliphatic rings. The molecule has 162 valence electrons. The van der Waals surface area contributed by atoms with Crippen molar-refractivity contribution in [1.82, 2.24) is 9.88 Å². The number of nitrogens with one attached hydrogen (secondary N) is 1. The molecule has 8 heteroatoms. The second-order valence-corrected chi connectivity index (χ2v) is 7.86. The highest BCUT2D eigenvalue weighted by Crippen LogP contribution is 2.27. The normalized spacial score (nSPS) is 15.0. The Labute approximate surface area is 181 Å². The van der Waals surface area contributed by atoms with Gasteiger partial charge in [0.05, 0.1) is 12.7 Å². The van der Waals surface area contributed by atoms with Crippen LogP contribution in [0.3, 0.4) is 0 Å². The van der Waals surface area contributed by atoms with Crippen LogP contribution in [0.25, 0.3) is 0 Å². The second kappa shape index (κ2) is 11.2. The lowest BCUT2D eigenvalue weighted by Gasteiger charge is -2.30. The zero-order valence-electron chi connectivity index (χ0n) is 16.8. The third kappa shape index (κ3) is 6.32. The smallest absolute Gasteiger partial charge is 0.254 e. The van der Waals surface area contributed by atoms with E-state index in [1.165, 1.54) is 0 Å². The second-order valence-electron chi connectivity index (χ2n) is 7.42. The van der Waals surface area contributed by atoms with Crippen LogP contribution in [0.4, 0.5) is 5.69 Å². The minimum absolute atomic E-state index is 0.0617. The Morgan fingerprint density at radius 1 is 1.27 bits per heavy atom. The molecule has 1 aliphatic carbocycles. The van der Waals surface area contributed by atoms with Gasteiger partial charge in [0.1, 0.15) is 12.4 Å². The minimum atomic E-state index is -0.969. The highest BCUT2D eigenvalue weighted by atomic mass is 35.5. The standard InChI is InChI=1S/C22H28ClN3O4/c23-17-11-16(22(29)26(14-20(28)15-27)19-3-1-2-4-19)12-21(13-17)30-10-9-25-18-5-7-24-8-6-18/h5-8,11-13,19-20,27-28H,1-4,9-10,14-15H2,(H,24,25). The molecule has 3 N–H and O–H groups in total. The summed E-state index contributed by atoms with van der Waals surface area (Å²) in [6.45, 7) is 0.687. The summed E-state index contributed by atoms with van der Waals surface area (Å²) in [4.78, 5) is 18.8. The van der Waals surface area contributed by atoms with E-state index in [-0.39, 0.29) is 25.1 Å². The fourth-order valence-corrected chi connectivity index (χ4v) is 3.89. The first-order valence-electron chi connectivity index (χ1n) is 10.2. The quantitative estimate of drug-likeness (QED) is 0.499. The number of hydrogen-bond acceptors (Lipinski definition) is 6. The van der Waals surface area contributed by atoms with Crippen molar-refractivity contribution >= 4 is 23.2 Å². The van der Waals surface area contributed by atoms with Gasteiger partial charge in [-0.1, -0.05) is 24.4 Å². The molecule has 0 bridgehead atoms. The van der Waals surface area contributed by atoms with Crippen molar-refractivity contribution < 1.29 is 19.7 Å². The van der Waals surface area contributed by atoms with Crippen LogP contribution < -0.4 is 10.1 Å². The van der Waals surface area contributed by atoms with E-state index >= 15 is 0 Å². The summed E-state index contributed by atoms with van der Waals surface area (Å²) >= 11 is 6.24. The topological polar surface area (TPSA) is 94.9 Å². The van der Waals surface area contributed by atoms with Crippen molar-refractivity contribution in [2.75, 3.05) is 31.6 Å². The van der Waals surface area contributed by atoms with Gasteiger partial charge in [-0.15, -0.1) is 0 Å². The summed E-state index contributed by atoms with van der Waals surface area (Å²) in [5.41, 5.74) is 1.36. The molecule has 0 spiro atoms. The van der Waals surface area contributed by atoms with Gasteiger partial charge >= 0.3 is 0 Å². The highest BCUT2D eigenvalue weighted by Gasteiger charge is 2.29. The van der Waals surface area contributed by atoms with Crippen molar-refractivity contribution in [3.05, 3.63) is 53.3 Å². The number of amides is 1. The van der Waals surface area contributed by atoms with Crippen molar-refractivity contribution in [2.45, 2.75) is 37.8 Å². The lowest BCUT2D eigenvalue weighted by molar-refractivity contribution is 0.0354. The Hall–Kier alpha value is -2.35. The Bertz CT molecular complexity index is 815. The van der Waals surface area contributed by atoms with Crippen molar-refractivity contribution in [2.24, 2.45) is 0 Å². The maximum absolute atomic E-state index is 13.2. The van der Waals surface area contributed by atoms with Crippen molar-refractivity contribution in [3.8, 4) is 5.75 Å². The molecule has 3 rings (SSSR count). The van der Waals surface area contributed by atoms with Crippen LogP contribution in [-0.4, -0.2) is 64.5 Å². The average molecular weight is 434 g/mol. The molecule has 1 heterocycles. The van der Waals surface area contributed by atoms with E-state index in [9.17, 15) is 15.0 Å². The van der Waals surface area contributed by atoms with Gasteiger partial charge in [0, 0.05) is 47.8 Å². The summed E-state index contributed by atoms with van der Waals surface area (Å²) in [6, 6.07) is 8.76. The van der Waals surface area contributed by atoms with Crippen LogP contribution >= 0.6 is 11.6 Å². The van der Waals surface area contributed by atoms with Gasteiger partial charge in [0.25, 0.3) is 5.91 Å². The van der Waals surface area contributed by atoms with Crippen molar-refractivity contribution in [3.63, 3.8) is 0 Å². The molecule has 1 saturated carbocycles. The minimum Gasteiger partial charge on any atom is -0.492 e. The number of aliphatic hydroxyl groups excluding tert-OH is 2. The molecular formula is C22H28ClN3O4. The molecule has 0 saturated heterocycles. The van der Waals surface area contributed by atoms with E-state index in [1.807, 2.05) is 12.1 Å². The summed E-state index contributed by atoms with van der Waals surface area (Å²) in [5.74, 6) is 0.299. The number of hydrogen-bond donors (Lipinski definition) is 3. The van der Waals surface area contributed by atoms with Crippen LogP contribution in [0.5, 0.6) is 5.75 Å². The zero-order chi connectivity index (χ0) is 21.3. The third-order valence-electron chi connectivity index (χ3n) is 5.14. The van der Waals surface area contributed by atoms with E-state index in [2.05, 4.69) is 10.3 Å². The number of anilines is 1. The summed E-state index contributed by atoms with van der Waals surface area (Å²) < 4.78 is 5.78. The molecule has 1 aromatic heterocycles. The van der Waals surface area contributed by atoms with Crippen LogP contribution in [0, 0.1) is 0 Å². The monoisotopic (exact) mass is 433 g/mol. The Balaban J connectivity index is 1.65. The first kappa shape index (κ1) is 22.3. The third-order valence-corrected chi connectivity index (χ3v) is 5.36. The lowest BCUT2D eigenvalue weighted by Crippen LogP contribution is -2.44. The number of benzene rings is 1. The number of nitrogens with zero attached hydrogens (tertiary/aromatic N) is 2. The number of carbonyl (C=O) groups is 1. The number of aliphatic hydroxyl groups is 2. The van der Waals surface area contributed by atoms with Crippen molar-refractivity contribution in [1.29, 1.82) is 0 Å². The number of pyridine rings is 1. The molecular weight excluding hydrogens is 406 g/mol. The molecule has 0 aliphatic heterocycles. The molecule has 0 radical (unpaired) electrons. The van der Waals surface area contributed by atoms with Gasteiger partial charge in [0.15, 0.2) is 0 Å². The van der Waals surface area contributed by atoms with Crippen LogP contribution in [-0.2, 0) is 0 Å². The van der Waals surface area contributed by atoms with E-state index in [1.54, 1.807) is 35.5 Å². The van der Waals surface area contributed by atoms with E-state index in [4.69, 9.17) is 16.3 Å². The summed E-state index contributed by atoms with van der Waals surface area (Å²) in [7, 11) is 0. The highest BCUT2D eigenvalue weighted by molar-refractivity contribution is 6.31. The van der Waals surface area contributed by atoms with E-state index in [0.717, 1.165) is 31.4 Å². The predicted octanol–water partition coefficient (Wildman–Crippen LogP) is 2.96. The molecule has 1 fully saturated rings. The molecule has 1 aromatic carbocycles. The number of ether oxygens (including phenoxy) is 1. The van der Waals surface area contributed by atoms with Gasteiger partial charge in [-0.25, -0.2) is 0 Å². The maximum Gasteiger partial charge on any atom is 0.254 e. The van der Waals surface area contributed by atoms with Crippen LogP contribution in [0.15, 0.2) is 42.7 Å².